The van der Waals surface area contributed by atoms with Crippen LogP contribution in [0.3, 0.4) is 0 Å². The van der Waals surface area contributed by atoms with Crippen LogP contribution in [0.5, 0.6) is 0 Å². The number of piperazine rings is 1. The van der Waals surface area contributed by atoms with E-state index in [0.29, 0.717) is 5.56 Å². The molecule has 0 spiro atoms. The van der Waals surface area contributed by atoms with Gasteiger partial charge in [-0.25, -0.2) is 13.5 Å². The van der Waals surface area contributed by atoms with E-state index < -0.39 is 0 Å². The van der Waals surface area contributed by atoms with Gasteiger partial charge in [-0.05, 0) is 54.6 Å². The molecule has 168 valence electrons. The Kier molecular flexibility index (Phi) is 6.03. The third-order valence-electron chi connectivity index (χ3n) is 6.23. The summed E-state index contributed by atoms with van der Waals surface area (Å²) in [7, 11) is 2.13. The summed E-state index contributed by atoms with van der Waals surface area (Å²) in [6, 6.07) is 21.1. The Balaban J connectivity index is 1.52. The van der Waals surface area contributed by atoms with Gasteiger partial charge in [0, 0.05) is 43.9 Å². The molecule has 0 N–H and O–H groups in total. The predicted octanol–water partition coefficient (Wildman–Crippen LogP) is 5.23. The molecule has 1 aliphatic heterocycles. The van der Waals surface area contributed by atoms with E-state index in [2.05, 4.69) is 21.9 Å². The average Bonchev–Trinajstić information content (AvgIpc) is 3.24. The first-order chi connectivity index (χ1) is 16.1. The van der Waals surface area contributed by atoms with Gasteiger partial charge in [0.2, 0.25) is 0 Å². The van der Waals surface area contributed by atoms with E-state index >= 15 is 0 Å². The van der Waals surface area contributed by atoms with Crippen LogP contribution >= 0.6 is 0 Å². The highest BCUT2D eigenvalue weighted by atomic mass is 19.1. The molecule has 0 radical (unpaired) electrons. The Labute approximate surface area is 192 Å². The Hall–Kier alpha value is -3.35. The first-order valence-electron chi connectivity index (χ1n) is 11.2. The van der Waals surface area contributed by atoms with Crippen molar-refractivity contribution in [2.75, 3.05) is 33.2 Å². The Bertz CT molecular complexity index is 1240. The summed E-state index contributed by atoms with van der Waals surface area (Å²) in [5, 5.41) is 4.65. The number of benzene rings is 3. The molecule has 0 saturated carbocycles. The maximum atomic E-state index is 14.9. The second-order valence-corrected chi connectivity index (χ2v) is 8.55. The first-order valence-corrected chi connectivity index (χ1v) is 11.2. The number of halogens is 2. The molecule has 1 aromatic heterocycles. The summed E-state index contributed by atoms with van der Waals surface area (Å²) in [6.07, 6.45) is 1.85. The predicted molar refractivity (Wildman–Crippen MR) is 127 cm³/mol. The lowest BCUT2D eigenvalue weighted by Crippen LogP contribution is -2.43. The van der Waals surface area contributed by atoms with Crippen LogP contribution in [-0.4, -0.2) is 52.8 Å². The van der Waals surface area contributed by atoms with Crippen molar-refractivity contribution in [3.05, 3.63) is 96.2 Å². The van der Waals surface area contributed by atoms with Crippen molar-refractivity contribution in [3.8, 4) is 28.1 Å². The first kappa shape index (κ1) is 21.5. The molecule has 1 aliphatic rings. The van der Waals surface area contributed by atoms with E-state index in [1.54, 1.807) is 22.9 Å². The van der Waals surface area contributed by atoms with Crippen molar-refractivity contribution < 1.29 is 8.78 Å². The molecule has 4 nitrogen and oxygen atoms in total. The minimum atomic E-state index is -0.268. The third kappa shape index (κ3) is 4.58. The molecular weight excluding hydrogens is 418 g/mol. The number of nitrogens with zero attached hydrogens (tertiary/aromatic N) is 4. The summed E-state index contributed by atoms with van der Waals surface area (Å²) in [5.74, 6) is -0.533. The fourth-order valence-electron chi connectivity index (χ4n) is 4.34. The van der Waals surface area contributed by atoms with Crippen molar-refractivity contribution in [3.63, 3.8) is 0 Å². The van der Waals surface area contributed by atoms with E-state index in [-0.39, 0.29) is 11.6 Å². The number of hydrogen-bond donors (Lipinski definition) is 0. The van der Waals surface area contributed by atoms with Gasteiger partial charge in [-0.1, -0.05) is 36.4 Å². The molecule has 2 heterocycles. The van der Waals surface area contributed by atoms with Crippen molar-refractivity contribution in [2.24, 2.45) is 0 Å². The highest BCUT2D eigenvalue weighted by molar-refractivity contribution is 5.68. The molecule has 3 aromatic carbocycles. The van der Waals surface area contributed by atoms with Crippen LogP contribution in [-0.2, 0) is 6.54 Å². The van der Waals surface area contributed by atoms with Gasteiger partial charge in [0.15, 0.2) is 0 Å². The van der Waals surface area contributed by atoms with Crippen LogP contribution in [0.4, 0.5) is 8.78 Å². The van der Waals surface area contributed by atoms with Crippen LogP contribution in [0.2, 0.25) is 0 Å². The van der Waals surface area contributed by atoms with Crippen molar-refractivity contribution in [1.82, 2.24) is 19.6 Å². The lowest BCUT2D eigenvalue weighted by Gasteiger charge is -2.32. The molecule has 6 heteroatoms. The average molecular weight is 445 g/mol. The number of hydrogen-bond acceptors (Lipinski definition) is 3. The molecule has 0 unspecified atom stereocenters. The van der Waals surface area contributed by atoms with Gasteiger partial charge in [0.05, 0.1) is 17.6 Å². The molecular formula is C27H26F2N4. The van der Waals surface area contributed by atoms with Crippen LogP contribution in [0, 0.1) is 11.6 Å². The SMILES string of the molecule is CN1CCN(Cc2cnn(-c3ccc(-c4cccc(F)c4)cc3)c2-c2ccccc2F)CC1. The van der Waals surface area contributed by atoms with Gasteiger partial charge >= 0.3 is 0 Å². The summed E-state index contributed by atoms with van der Waals surface area (Å²) in [4.78, 5) is 4.70. The van der Waals surface area contributed by atoms with Crippen molar-refractivity contribution >= 4 is 0 Å². The van der Waals surface area contributed by atoms with Crippen LogP contribution in [0.1, 0.15) is 5.56 Å². The molecule has 0 aliphatic carbocycles. The lowest BCUT2D eigenvalue weighted by molar-refractivity contribution is 0.148. The van der Waals surface area contributed by atoms with Crippen molar-refractivity contribution in [1.29, 1.82) is 0 Å². The van der Waals surface area contributed by atoms with E-state index in [0.717, 1.165) is 60.8 Å². The molecule has 4 aromatic rings. The van der Waals surface area contributed by atoms with Crippen LogP contribution in [0.25, 0.3) is 28.1 Å². The monoisotopic (exact) mass is 444 g/mol. The van der Waals surface area contributed by atoms with Gasteiger partial charge in [0.25, 0.3) is 0 Å². The zero-order valence-electron chi connectivity index (χ0n) is 18.6. The topological polar surface area (TPSA) is 24.3 Å². The van der Waals surface area contributed by atoms with E-state index in [9.17, 15) is 8.78 Å². The molecule has 5 rings (SSSR count). The second-order valence-electron chi connectivity index (χ2n) is 8.55. The molecule has 0 bridgehead atoms. The van der Waals surface area contributed by atoms with Crippen LogP contribution < -0.4 is 0 Å². The number of aromatic nitrogens is 2. The van der Waals surface area contributed by atoms with E-state index in [1.165, 1.54) is 18.2 Å². The van der Waals surface area contributed by atoms with Gasteiger partial charge in [-0.3, -0.25) is 4.90 Å². The summed E-state index contributed by atoms with van der Waals surface area (Å²) < 4.78 is 30.3. The number of rotatable bonds is 5. The largest absolute Gasteiger partial charge is 0.304 e. The maximum absolute atomic E-state index is 14.9. The Morgan fingerprint density at radius 1 is 0.818 bits per heavy atom. The van der Waals surface area contributed by atoms with Gasteiger partial charge in [-0.15, -0.1) is 0 Å². The number of likely N-dealkylation sites (N-methyl/N-ethyl adjacent to an activating group) is 1. The lowest BCUT2D eigenvalue weighted by atomic mass is 10.0. The second kappa shape index (κ2) is 9.25. The van der Waals surface area contributed by atoms with E-state index in [4.69, 9.17) is 0 Å². The normalized spacial score (nSPS) is 15.1. The zero-order chi connectivity index (χ0) is 22.8. The minimum Gasteiger partial charge on any atom is -0.304 e. The molecule has 1 saturated heterocycles. The highest BCUT2D eigenvalue weighted by Crippen LogP contribution is 2.31. The Morgan fingerprint density at radius 3 is 2.30 bits per heavy atom. The van der Waals surface area contributed by atoms with Crippen LogP contribution in [0.15, 0.2) is 79.0 Å². The Morgan fingerprint density at radius 2 is 1.58 bits per heavy atom. The standard InChI is InChI=1S/C27H26F2N4/c1-31-13-15-32(16-14-31)19-22-18-30-33(27(22)25-7-2-3-8-26(25)29)24-11-9-20(10-12-24)21-5-4-6-23(28)17-21/h2-12,17-18H,13-16,19H2,1H3. The quantitative estimate of drug-likeness (QED) is 0.421. The van der Waals surface area contributed by atoms with Gasteiger partial charge < -0.3 is 4.90 Å². The van der Waals surface area contributed by atoms with Gasteiger partial charge in [0.1, 0.15) is 11.6 Å². The zero-order valence-corrected chi connectivity index (χ0v) is 18.6. The van der Waals surface area contributed by atoms with Crippen molar-refractivity contribution in [2.45, 2.75) is 6.54 Å². The smallest absolute Gasteiger partial charge is 0.132 e. The molecule has 0 amide bonds. The highest BCUT2D eigenvalue weighted by Gasteiger charge is 2.21. The summed E-state index contributed by atoms with van der Waals surface area (Å²) in [5.41, 5.74) is 4.86. The molecule has 0 atom stereocenters. The third-order valence-corrected chi connectivity index (χ3v) is 6.23. The van der Waals surface area contributed by atoms with E-state index in [1.807, 2.05) is 42.6 Å². The van der Waals surface area contributed by atoms with Gasteiger partial charge in [-0.2, -0.15) is 5.10 Å². The maximum Gasteiger partial charge on any atom is 0.132 e. The molecule has 1 fully saturated rings. The fourth-order valence-corrected chi connectivity index (χ4v) is 4.34. The molecule has 33 heavy (non-hydrogen) atoms. The summed E-state index contributed by atoms with van der Waals surface area (Å²) >= 11 is 0. The minimum absolute atomic E-state index is 0.265. The summed E-state index contributed by atoms with van der Waals surface area (Å²) in [6.45, 7) is 4.70. The fraction of sp³-hybridized carbons (Fsp3) is 0.222.